The molecular formula is C22H26N4O2S. The molecule has 6 nitrogen and oxygen atoms in total. The first-order valence-corrected chi connectivity index (χ1v) is 10.6. The number of thiazole rings is 1. The minimum absolute atomic E-state index is 0.0942. The van der Waals surface area contributed by atoms with Crippen molar-refractivity contribution in [3.8, 4) is 5.75 Å². The first-order chi connectivity index (χ1) is 14.0. The second kappa shape index (κ2) is 7.91. The number of nitrogens with zero attached hydrogens (tertiary/aromatic N) is 4. The number of rotatable bonds is 4. The van der Waals surface area contributed by atoms with Crippen LogP contribution in [0.5, 0.6) is 5.75 Å². The Balaban J connectivity index is 1.46. The second-order valence-corrected chi connectivity index (χ2v) is 8.46. The van der Waals surface area contributed by atoms with E-state index in [0.717, 1.165) is 40.7 Å². The van der Waals surface area contributed by atoms with Crippen LogP contribution in [0.1, 0.15) is 15.9 Å². The number of aromatic nitrogens is 1. The maximum atomic E-state index is 12.9. The van der Waals surface area contributed by atoms with E-state index in [1.807, 2.05) is 54.2 Å². The smallest absolute Gasteiger partial charge is 0.253 e. The topological polar surface area (TPSA) is 48.9 Å². The van der Waals surface area contributed by atoms with Gasteiger partial charge in [0.25, 0.3) is 5.91 Å². The minimum atomic E-state index is 0.0942. The summed E-state index contributed by atoms with van der Waals surface area (Å²) in [7, 11) is 5.67. The number of anilines is 2. The number of piperazine rings is 1. The molecule has 1 fully saturated rings. The molecule has 7 heteroatoms. The van der Waals surface area contributed by atoms with Crippen LogP contribution >= 0.6 is 11.3 Å². The van der Waals surface area contributed by atoms with Gasteiger partial charge in [0.15, 0.2) is 5.13 Å². The maximum Gasteiger partial charge on any atom is 0.253 e. The Bertz CT molecular complexity index is 1020. The van der Waals surface area contributed by atoms with E-state index in [-0.39, 0.29) is 5.91 Å². The molecule has 29 heavy (non-hydrogen) atoms. The highest BCUT2D eigenvalue weighted by molar-refractivity contribution is 7.22. The summed E-state index contributed by atoms with van der Waals surface area (Å²) in [6.45, 7) is 5.05. The van der Waals surface area contributed by atoms with Gasteiger partial charge in [0.1, 0.15) is 11.3 Å². The largest absolute Gasteiger partial charge is 0.494 e. The molecule has 152 valence electrons. The van der Waals surface area contributed by atoms with E-state index < -0.39 is 0 Å². The number of hydrogen-bond acceptors (Lipinski definition) is 6. The molecule has 2 aromatic carbocycles. The van der Waals surface area contributed by atoms with Gasteiger partial charge >= 0.3 is 0 Å². The van der Waals surface area contributed by atoms with E-state index in [9.17, 15) is 4.79 Å². The lowest BCUT2D eigenvalue weighted by Gasteiger charge is -2.34. The second-order valence-electron chi connectivity index (χ2n) is 7.48. The van der Waals surface area contributed by atoms with Gasteiger partial charge in [0, 0.05) is 51.5 Å². The number of benzene rings is 2. The van der Waals surface area contributed by atoms with E-state index in [1.165, 1.54) is 10.3 Å². The maximum absolute atomic E-state index is 12.9. The fourth-order valence-electron chi connectivity index (χ4n) is 3.58. The van der Waals surface area contributed by atoms with E-state index in [4.69, 9.17) is 9.72 Å². The number of aryl methyl sites for hydroxylation is 1. The Morgan fingerprint density at radius 1 is 1.07 bits per heavy atom. The van der Waals surface area contributed by atoms with Crippen molar-refractivity contribution in [1.29, 1.82) is 0 Å². The molecule has 0 bridgehead atoms. The summed E-state index contributed by atoms with van der Waals surface area (Å²) in [5, 5.41) is 0.995. The Kier molecular flexibility index (Phi) is 5.32. The predicted octanol–water partition coefficient (Wildman–Crippen LogP) is 3.64. The number of amides is 1. The monoisotopic (exact) mass is 410 g/mol. The molecule has 1 aliphatic heterocycles. The quantitative estimate of drug-likeness (QED) is 0.657. The molecule has 0 atom stereocenters. The predicted molar refractivity (Wildman–Crippen MR) is 120 cm³/mol. The summed E-state index contributed by atoms with van der Waals surface area (Å²) in [5.74, 6) is 0.903. The third kappa shape index (κ3) is 3.74. The van der Waals surface area contributed by atoms with Crippen LogP contribution in [-0.4, -0.2) is 63.2 Å². The van der Waals surface area contributed by atoms with E-state index >= 15 is 0 Å². The zero-order chi connectivity index (χ0) is 20.5. The first-order valence-electron chi connectivity index (χ1n) is 9.73. The van der Waals surface area contributed by atoms with Gasteiger partial charge in [-0.15, -0.1) is 0 Å². The summed E-state index contributed by atoms with van der Waals surface area (Å²) in [5.41, 5.74) is 3.96. The molecule has 1 amide bonds. The van der Waals surface area contributed by atoms with Crippen molar-refractivity contribution in [2.75, 3.05) is 57.2 Å². The summed E-state index contributed by atoms with van der Waals surface area (Å²) in [6, 6.07) is 11.8. The molecular weight excluding hydrogens is 384 g/mol. The molecule has 3 aromatic rings. The summed E-state index contributed by atoms with van der Waals surface area (Å²) < 4.78 is 6.64. The SMILES string of the molecule is COc1ccc(C)c2sc(N3CCN(C(=O)c4ccc(N(C)C)cc4)CC3)nc12. The van der Waals surface area contributed by atoms with Gasteiger partial charge in [-0.25, -0.2) is 4.98 Å². The number of ether oxygens (including phenoxy) is 1. The van der Waals surface area contributed by atoms with Crippen molar-refractivity contribution in [3.63, 3.8) is 0 Å². The van der Waals surface area contributed by atoms with Crippen molar-refractivity contribution in [3.05, 3.63) is 47.5 Å². The summed E-state index contributed by atoms with van der Waals surface area (Å²) in [6.07, 6.45) is 0. The molecule has 4 rings (SSSR count). The van der Waals surface area contributed by atoms with Crippen molar-refractivity contribution in [2.45, 2.75) is 6.92 Å². The van der Waals surface area contributed by atoms with Gasteiger partial charge in [-0.05, 0) is 42.8 Å². The highest BCUT2D eigenvalue weighted by atomic mass is 32.1. The van der Waals surface area contributed by atoms with Crippen molar-refractivity contribution in [2.24, 2.45) is 0 Å². The minimum Gasteiger partial charge on any atom is -0.494 e. The van der Waals surface area contributed by atoms with Gasteiger partial charge < -0.3 is 19.4 Å². The summed E-state index contributed by atoms with van der Waals surface area (Å²) >= 11 is 1.70. The molecule has 1 aromatic heterocycles. The zero-order valence-electron chi connectivity index (χ0n) is 17.3. The van der Waals surface area contributed by atoms with Crippen LogP contribution in [0.25, 0.3) is 10.2 Å². The average Bonchev–Trinajstić information content (AvgIpc) is 3.20. The third-order valence-corrected chi connectivity index (χ3v) is 6.63. The molecule has 2 heterocycles. The normalized spacial score (nSPS) is 14.3. The number of methoxy groups -OCH3 is 1. The van der Waals surface area contributed by atoms with Crippen molar-refractivity contribution in [1.82, 2.24) is 9.88 Å². The fraction of sp³-hybridized carbons (Fsp3) is 0.364. The number of hydrogen-bond donors (Lipinski definition) is 0. The molecule has 1 aliphatic rings. The third-order valence-electron chi connectivity index (χ3n) is 5.38. The molecule has 0 saturated carbocycles. The Hall–Kier alpha value is -2.80. The molecule has 0 aliphatic carbocycles. The lowest BCUT2D eigenvalue weighted by Crippen LogP contribution is -2.48. The Labute approximate surface area is 175 Å². The van der Waals surface area contributed by atoms with Crippen molar-refractivity contribution < 1.29 is 9.53 Å². The van der Waals surface area contributed by atoms with Gasteiger partial charge in [-0.2, -0.15) is 0 Å². The van der Waals surface area contributed by atoms with Crippen molar-refractivity contribution >= 4 is 38.3 Å². The van der Waals surface area contributed by atoms with E-state index in [1.54, 1.807) is 18.4 Å². The van der Waals surface area contributed by atoms with Crippen LogP contribution in [0.2, 0.25) is 0 Å². The van der Waals surface area contributed by atoms with Crippen LogP contribution in [0, 0.1) is 6.92 Å². The number of carbonyl (C=O) groups excluding carboxylic acids is 1. The van der Waals surface area contributed by atoms with Crippen LogP contribution in [-0.2, 0) is 0 Å². The molecule has 1 saturated heterocycles. The van der Waals surface area contributed by atoms with Gasteiger partial charge in [0.05, 0.1) is 11.8 Å². The molecule has 0 N–H and O–H groups in total. The Morgan fingerprint density at radius 2 is 1.76 bits per heavy atom. The number of carbonyl (C=O) groups is 1. The highest BCUT2D eigenvalue weighted by Gasteiger charge is 2.24. The number of fused-ring (bicyclic) bond motifs is 1. The fourth-order valence-corrected chi connectivity index (χ4v) is 4.69. The first kappa shape index (κ1) is 19.5. The molecule has 0 radical (unpaired) electrons. The zero-order valence-corrected chi connectivity index (χ0v) is 18.1. The van der Waals surface area contributed by atoms with Crippen LogP contribution < -0.4 is 14.5 Å². The van der Waals surface area contributed by atoms with Crippen LogP contribution in [0.4, 0.5) is 10.8 Å². The van der Waals surface area contributed by atoms with E-state index in [0.29, 0.717) is 13.1 Å². The molecule has 0 spiro atoms. The van der Waals surface area contributed by atoms with Crippen LogP contribution in [0.15, 0.2) is 36.4 Å². The lowest BCUT2D eigenvalue weighted by molar-refractivity contribution is 0.0747. The summed E-state index contributed by atoms with van der Waals surface area (Å²) in [4.78, 5) is 23.9. The van der Waals surface area contributed by atoms with Gasteiger partial charge in [-0.3, -0.25) is 4.79 Å². The average molecular weight is 411 g/mol. The highest BCUT2D eigenvalue weighted by Crippen LogP contribution is 2.36. The molecule has 0 unspecified atom stereocenters. The van der Waals surface area contributed by atoms with Crippen LogP contribution in [0.3, 0.4) is 0 Å². The Morgan fingerprint density at radius 3 is 2.38 bits per heavy atom. The van der Waals surface area contributed by atoms with E-state index in [2.05, 4.69) is 17.9 Å². The van der Waals surface area contributed by atoms with Gasteiger partial charge in [-0.1, -0.05) is 17.4 Å². The lowest BCUT2D eigenvalue weighted by atomic mass is 10.1. The standard InChI is InChI=1S/C22H26N4O2S/c1-15-5-10-18(28-4)19-20(15)29-22(23-19)26-13-11-25(12-14-26)21(27)16-6-8-17(9-7-16)24(2)3/h5-10H,11-14H2,1-4H3. The van der Waals surface area contributed by atoms with Gasteiger partial charge in [0.2, 0.25) is 0 Å².